The molecular formula is C25H25F3N6O3. The van der Waals surface area contributed by atoms with Crippen LogP contribution in [0.1, 0.15) is 63.9 Å². The summed E-state index contributed by atoms with van der Waals surface area (Å²) >= 11 is 0. The van der Waals surface area contributed by atoms with Crippen LogP contribution in [0.4, 0.5) is 18.9 Å². The number of hydrogen-bond acceptors (Lipinski definition) is 6. The summed E-state index contributed by atoms with van der Waals surface area (Å²) in [5.74, 6) is -0.926. The lowest BCUT2D eigenvalue weighted by Crippen LogP contribution is -2.66. The molecule has 5 N–H and O–H groups in total. The predicted molar refractivity (Wildman–Crippen MR) is 127 cm³/mol. The molecule has 2 aliphatic rings. The van der Waals surface area contributed by atoms with Crippen LogP contribution in [0.25, 0.3) is 0 Å². The Labute approximate surface area is 210 Å². The number of aromatic nitrogens is 1. The highest BCUT2D eigenvalue weighted by Gasteiger charge is 2.59. The molecule has 1 aromatic heterocycles. The van der Waals surface area contributed by atoms with E-state index >= 15 is 0 Å². The molecule has 1 aliphatic carbocycles. The number of rotatable bonds is 7. The summed E-state index contributed by atoms with van der Waals surface area (Å²) in [6.45, 7) is 3.48. The number of nitrogens with zero attached hydrogens (tertiary/aromatic N) is 2. The van der Waals surface area contributed by atoms with Crippen molar-refractivity contribution in [2.24, 2.45) is 5.84 Å². The number of alkyl halides is 2. The number of nitriles is 1. The van der Waals surface area contributed by atoms with Crippen LogP contribution in [0.3, 0.4) is 0 Å². The molecule has 194 valence electrons. The van der Waals surface area contributed by atoms with Gasteiger partial charge in [0.05, 0.1) is 22.4 Å². The molecule has 0 spiro atoms. The number of halogens is 3. The normalized spacial score (nSPS) is 17.3. The van der Waals surface area contributed by atoms with Gasteiger partial charge in [-0.2, -0.15) is 5.26 Å². The van der Waals surface area contributed by atoms with E-state index in [1.54, 1.807) is 17.6 Å². The summed E-state index contributed by atoms with van der Waals surface area (Å²) < 4.78 is 42.9. The minimum atomic E-state index is -3.02. The van der Waals surface area contributed by atoms with Crippen LogP contribution in [-0.2, 0) is 17.8 Å². The lowest BCUT2D eigenvalue weighted by molar-refractivity contribution is -0.138. The monoisotopic (exact) mass is 514 g/mol. The molecule has 1 fully saturated rings. The van der Waals surface area contributed by atoms with Crippen molar-refractivity contribution >= 4 is 23.3 Å². The molecule has 0 unspecified atom stereocenters. The molecule has 2 amide bonds. The fraction of sp³-hybridized carbons (Fsp3) is 0.360. The van der Waals surface area contributed by atoms with Gasteiger partial charge in [-0.25, -0.2) is 13.2 Å². The van der Waals surface area contributed by atoms with Crippen LogP contribution in [-0.4, -0.2) is 33.6 Å². The highest BCUT2D eigenvalue weighted by molar-refractivity contribution is 6.43. The third kappa shape index (κ3) is 4.46. The van der Waals surface area contributed by atoms with E-state index in [9.17, 15) is 27.6 Å². The molecule has 0 atom stereocenters. The van der Waals surface area contributed by atoms with Crippen molar-refractivity contribution in [3.8, 4) is 6.07 Å². The molecule has 37 heavy (non-hydrogen) atoms. The van der Waals surface area contributed by atoms with Gasteiger partial charge in [0.25, 0.3) is 23.5 Å². The summed E-state index contributed by atoms with van der Waals surface area (Å²) in [4.78, 5) is 39.5. The number of nitrogens with one attached hydrogen (secondary N) is 3. The smallest absolute Gasteiger partial charge is 0.294 e. The van der Waals surface area contributed by atoms with Crippen LogP contribution in [0.5, 0.6) is 0 Å². The minimum absolute atomic E-state index is 0.00376. The Morgan fingerprint density at radius 2 is 1.95 bits per heavy atom. The maximum atomic E-state index is 13.8. The van der Waals surface area contributed by atoms with E-state index in [-0.39, 0.29) is 33.8 Å². The Kier molecular flexibility index (Phi) is 6.60. The Morgan fingerprint density at radius 1 is 1.24 bits per heavy atom. The number of Topliss-reactive ketones (excluding diaryl/α,β-unsaturated/α-hetero) is 1. The third-order valence-corrected chi connectivity index (χ3v) is 6.84. The van der Waals surface area contributed by atoms with Crippen molar-refractivity contribution in [2.75, 3.05) is 5.32 Å². The first kappa shape index (κ1) is 26.0. The van der Waals surface area contributed by atoms with Crippen LogP contribution >= 0.6 is 0 Å². The maximum Gasteiger partial charge on any atom is 0.294 e. The van der Waals surface area contributed by atoms with Gasteiger partial charge in [0, 0.05) is 36.5 Å². The number of fused-ring (bicyclic) bond motifs is 1. The first-order valence-electron chi connectivity index (χ1n) is 11.6. The van der Waals surface area contributed by atoms with Crippen molar-refractivity contribution in [1.82, 2.24) is 15.3 Å². The van der Waals surface area contributed by atoms with Gasteiger partial charge in [0.1, 0.15) is 11.9 Å². The van der Waals surface area contributed by atoms with Crippen LogP contribution in [0, 0.1) is 24.1 Å². The van der Waals surface area contributed by atoms with Crippen molar-refractivity contribution < 1.29 is 27.6 Å². The van der Waals surface area contributed by atoms with E-state index in [1.807, 2.05) is 0 Å². The zero-order valence-corrected chi connectivity index (χ0v) is 20.2. The maximum absolute atomic E-state index is 13.8. The fourth-order valence-corrected chi connectivity index (χ4v) is 5.25. The molecule has 4 rings (SSSR count). The van der Waals surface area contributed by atoms with Gasteiger partial charge in [0.2, 0.25) is 0 Å². The number of carbonyl (C=O) groups is 3. The average molecular weight is 515 g/mol. The van der Waals surface area contributed by atoms with Crippen molar-refractivity contribution in [2.45, 2.75) is 57.5 Å². The Morgan fingerprint density at radius 3 is 2.54 bits per heavy atom. The molecule has 0 saturated heterocycles. The largest absolute Gasteiger partial charge is 0.341 e. The molecular weight excluding hydrogens is 489 g/mol. The molecule has 2 heterocycles. The van der Waals surface area contributed by atoms with Gasteiger partial charge >= 0.3 is 0 Å². The van der Waals surface area contributed by atoms with E-state index in [0.717, 1.165) is 6.07 Å². The summed E-state index contributed by atoms with van der Waals surface area (Å²) in [5.41, 5.74) is 1.91. The molecule has 2 aromatic rings. The van der Waals surface area contributed by atoms with Gasteiger partial charge in [-0.1, -0.05) is 6.08 Å². The highest BCUT2D eigenvalue weighted by Crippen LogP contribution is 2.48. The van der Waals surface area contributed by atoms with Crippen molar-refractivity contribution in [1.29, 1.82) is 5.26 Å². The SMILES string of the molecule is C/C=C(\NN)C1(NC(=O)C(=O)c2c(C)c(C(=O)Nc3ccc(F)c(C#N)c3)c3n2CCC3)CC(F)(F)C1. The summed E-state index contributed by atoms with van der Waals surface area (Å²) in [5, 5.41) is 14.1. The fourth-order valence-electron chi connectivity index (χ4n) is 5.25. The predicted octanol–water partition coefficient (Wildman–Crippen LogP) is 2.84. The second-order valence-electron chi connectivity index (χ2n) is 9.23. The molecule has 1 saturated carbocycles. The van der Waals surface area contributed by atoms with Crippen molar-refractivity contribution in [3.63, 3.8) is 0 Å². The quantitative estimate of drug-likeness (QED) is 0.194. The molecule has 0 bridgehead atoms. The first-order valence-corrected chi connectivity index (χ1v) is 11.6. The van der Waals surface area contributed by atoms with Gasteiger partial charge in [-0.15, -0.1) is 0 Å². The van der Waals surface area contributed by atoms with Gasteiger partial charge in [0.15, 0.2) is 0 Å². The molecule has 1 aromatic carbocycles. The van der Waals surface area contributed by atoms with E-state index in [4.69, 9.17) is 11.1 Å². The summed E-state index contributed by atoms with van der Waals surface area (Å²) in [7, 11) is 0. The number of amides is 2. The number of allylic oxidation sites excluding steroid dienone is 1. The number of hydrazine groups is 1. The third-order valence-electron chi connectivity index (χ3n) is 6.84. The standard InChI is InChI=1S/C25H25F3N6O3/c1-3-18(33-30)24(11-25(27,28)12-24)32-23(37)21(35)20-13(2)19(17-5-4-8-34(17)20)22(36)31-15-6-7-16(26)14(9-15)10-29/h3,6-7,9,33H,4-5,8,11-12,30H2,1-2H3,(H,31,36)(H,32,37)/b18-3-. The van der Waals surface area contributed by atoms with Gasteiger partial charge < -0.3 is 20.6 Å². The number of carbonyl (C=O) groups excluding carboxylic acids is 3. The number of nitrogens with two attached hydrogens (primary N) is 1. The number of anilines is 1. The lowest BCUT2D eigenvalue weighted by atomic mass is 9.70. The average Bonchev–Trinajstić information content (AvgIpc) is 3.38. The number of hydrogen-bond donors (Lipinski definition) is 4. The Bertz CT molecular complexity index is 1380. The van der Waals surface area contributed by atoms with E-state index < -0.39 is 47.7 Å². The lowest BCUT2D eigenvalue weighted by Gasteiger charge is -2.48. The zero-order valence-electron chi connectivity index (χ0n) is 20.2. The molecule has 9 nitrogen and oxygen atoms in total. The number of benzene rings is 1. The Balaban J connectivity index is 1.64. The molecule has 0 radical (unpaired) electrons. The van der Waals surface area contributed by atoms with Crippen molar-refractivity contribution in [3.05, 3.63) is 63.9 Å². The van der Waals surface area contributed by atoms with E-state index in [2.05, 4.69) is 16.1 Å². The van der Waals surface area contributed by atoms with E-state index in [1.165, 1.54) is 25.1 Å². The van der Waals surface area contributed by atoms with Crippen LogP contribution in [0.15, 0.2) is 30.0 Å². The molecule has 1 aliphatic heterocycles. The minimum Gasteiger partial charge on any atom is -0.341 e. The van der Waals surface area contributed by atoms with Gasteiger partial charge in [-0.05, 0) is 50.5 Å². The van der Waals surface area contributed by atoms with Crippen LogP contribution < -0.4 is 21.9 Å². The second kappa shape index (κ2) is 9.40. The zero-order chi connectivity index (χ0) is 27.1. The molecule has 12 heteroatoms. The summed E-state index contributed by atoms with van der Waals surface area (Å²) in [6.07, 6.45) is 1.12. The highest BCUT2D eigenvalue weighted by atomic mass is 19.3. The first-order chi connectivity index (χ1) is 17.5. The number of ketones is 1. The second-order valence-corrected chi connectivity index (χ2v) is 9.23. The van der Waals surface area contributed by atoms with Gasteiger partial charge in [-0.3, -0.25) is 20.2 Å². The Hall–Kier alpha value is -4.11. The van der Waals surface area contributed by atoms with E-state index in [0.29, 0.717) is 25.1 Å². The topological polar surface area (TPSA) is 142 Å². The summed E-state index contributed by atoms with van der Waals surface area (Å²) in [6, 6.07) is 5.25. The van der Waals surface area contributed by atoms with Crippen LogP contribution in [0.2, 0.25) is 0 Å².